The van der Waals surface area contributed by atoms with Crippen molar-refractivity contribution in [2.75, 3.05) is 13.1 Å². The van der Waals surface area contributed by atoms with Gasteiger partial charge >= 0.3 is 19.2 Å². The van der Waals surface area contributed by atoms with Gasteiger partial charge in [-0.3, -0.25) is 4.79 Å². The Morgan fingerprint density at radius 2 is 1.72 bits per heavy atom. The van der Waals surface area contributed by atoms with Crippen molar-refractivity contribution in [2.24, 2.45) is 5.92 Å². The van der Waals surface area contributed by atoms with Crippen molar-refractivity contribution >= 4 is 24.6 Å². The summed E-state index contributed by atoms with van der Waals surface area (Å²) >= 11 is 0. The second-order valence-corrected chi connectivity index (χ2v) is 11.9. The lowest BCUT2D eigenvalue weighted by atomic mass is 9.81. The van der Waals surface area contributed by atoms with E-state index in [1.54, 1.807) is 38.1 Å². The van der Waals surface area contributed by atoms with Gasteiger partial charge in [0, 0.05) is 24.4 Å². The number of hydrogen-bond donors (Lipinski definition) is 1. The molecule has 200 valence electrons. The molecule has 0 radical (unpaired) electrons. The Morgan fingerprint density at radius 3 is 2.25 bits per heavy atom. The van der Waals surface area contributed by atoms with E-state index in [9.17, 15) is 9.59 Å². The molecule has 3 heterocycles. The number of piperidine rings is 1. The summed E-state index contributed by atoms with van der Waals surface area (Å²) in [5.74, 6) is -0.252. The predicted octanol–water partition coefficient (Wildman–Crippen LogP) is 2.69. The number of nitrogens with one attached hydrogen (secondary N) is 1. The van der Waals surface area contributed by atoms with E-state index in [0.717, 1.165) is 18.3 Å². The second-order valence-electron chi connectivity index (χ2n) is 11.9. The van der Waals surface area contributed by atoms with Crippen LogP contribution >= 0.6 is 0 Å². The molecule has 0 aromatic carbocycles. The van der Waals surface area contributed by atoms with E-state index in [0.29, 0.717) is 13.1 Å². The molecule has 36 heavy (non-hydrogen) atoms. The number of amides is 2. The minimum Gasteiger partial charge on any atom is -0.458 e. The molecule has 1 aromatic heterocycles. The molecule has 0 aliphatic carbocycles. The third-order valence-electron chi connectivity index (χ3n) is 6.74. The summed E-state index contributed by atoms with van der Waals surface area (Å²) in [5.41, 5.74) is -0.820. The van der Waals surface area contributed by atoms with Gasteiger partial charge in [-0.1, -0.05) is 13.8 Å². The van der Waals surface area contributed by atoms with Gasteiger partial charge in [-0.05, 0) is 67.2 Å². The molecule has 2 aliphatic rings. The maximum atomic E-state index is 13.3. The number of rotatable bonds is 6. The molecule has 2 saturated heterocycles. The highest BCUT2D eigenvalue weighted by Crippen LogP contribution is 2.36. The van der Waals surface area contributed by atoms with Crippen molar-refractivity contribution in [3.8, 4) is 6.01 Å². The average Bonchev–Trinajstić information content (AvgIpc) is 2.98. The average molecular weight is 504 g/mol. The SMILES string of the molecule is CC(C)C(NC(=O)OC(C)(C)C)C(=O)N1CCC[C@H](Oc2ncc(B3OC(C)(C)C(C)(C)O3)cn2)C1. The number of aromatic nitrogens is 2. The van der Waals surface area contributed by atoms with Crippen LogP contribution in [0.3, 0.4) is 0 Å². The third-order valence-corrected chi connectivity index (χ3v) is 6.74. The standard InChI is InChI=1S/C25H41BN4O6/c1-16(2)19(29-22(32)34-23(3,4)5)20(31)30-12-10-11-18(15-30)33-21-27-13-17(14-28-21)26-35-24(6,7)25(8,9)36-26/h13-14,16,18-19H,10-12,15H2,1-9H3,(H,29,32)/t18-,19?/m0/s1. The largest absolute Gasteiger partial charge is 0.498 e. The Hall–Kier alpha value is -2.40. The monoisotopic (exact) mass is 504 g/mol. The molecule has 1 N–H and O–H groups in total. The van der Waals surface area contributed by atoms with E-state index in [1.165, 1.54) is 0 Å². The topological polar surface area (TPSA) is 112 Å². The number of hydrogen-bond acceptors (Lipinski definition) is 8. The number of nitrogens with zero attached hydrogens (tertiary/aromatic N) is 3. The first-order chi connectivity index (χ1) is 16.6. The van der Waals surface area contributed by atoms with Gasteiger partial charge in [0.05, 0.1) is 17.7 Å². The van der Waals surface area contributed by atoms with E-state index in [2.05, 4.69) is 15.3 Å². The molecule has 2 amide bonds. The molecule has 0 spiro atoms. The Bertz CT molecular complexity index is 915. The lowest BCUT2D eigenvalue weighted by Gasteiger charge is -2.35. The first kappa shape index (κ1) is 28.2. The molecule has 3 rings (SSSR count). The zero-order valence-corrected chi connectivity index (χ0v) is 23.1. The van der Waals surface area contributed by atoms with Crippen LogP contribution < -0.4 is 15.5 Å². The van der Waals surface area contributed by atoms with Crippen LogP contribution in [0.15, 0.2) is 12.4 Å². The first-order valence-corrected chi connectivity index (χ1v) is 12.7. The van der Waals surface area contributed by atoms with Crippen LogP contribution in [0.2, 0.25) is 0 Å². The fraction of sp³-hybridized carbons (Fsp3) is 0.760. The van der Waals surface area contributed by atoms with Crippen molar-refractivity contribution in [1.82, 2.24) is 20.2 Å². The summed E-state index contributed by atoms with van der Waals surface area (Å²) in [6.07, 6.45) is 4.00. The molecule has 0 saturated carbocycles. The van der Waals surface area contributed by atoms with Gasteiger partial charge in [-0.15, -0.1) is 0 Å². The summed E-state index contributed by atoms with van der Waals surface area (Å²) in [6, 6.07) is -0.448. The van der Waals surface area contributed by atoms with Crippen LogP contribution in [0.1, 0.15) is 75.2 Å². The quantitative estimate of drug-likeness (QED) is 0.589. The second kappa shape index (κ2) is 10.5. The maximum absolute atomic E-state index is 13.3. The van der Waals surface area contributed by atoms with Gasteiger partial charge in [0.25, 0.3) is 0 Å². The van der Waals surface area contributed by atoms with E-state index < -0.39 is 36.1 Å². The lowest BCUT2D eigenvalue weighted by Crippen LogP contribution is -2.55. The molecule has 11 heteroatoms. The fourth-order valence-corrected chi connectivity index (χ4v) is 4.02. The molecule has 2 fully saturated rings. The van der Waals surface area contributed by atoms with Crippen molar-refractivity contribution in [3.05, 3.63) is 12.4 Å². The molecular weight excluding hydrogens is 463 g/mol. The highest BCUT2D eigenvalue weighted by Gasteiger charge is 2.52. The molecule has 10 nitrogen and oxygen atoms in total. The fourth-order valence-electron chi connectivity index (χ4n) is 4.02. The van der Waals surface area contributed by atoms with E-state index in [1.807, 2.05) is 41.5 Å². The molecule has 1 aromatic rings. The van der Waals surface area contributed by atoms with Crippen molar-refractivity contribution < 1.29 is 28.4 Å². The van der Waals surface area contributed by atoms with Gasteiger partial charge in [0.15, 0.2) is 0 Å². The zero-order chi connectivity index (χ0) is 26.9. The van der Waals surface area contributed by atoms with Crippen LogP contribution in [-0.4, -0.2) is 76.0 Å². The number of likely N-dealkylation sites (tertiary alicyclic amines) is 1. The van der Waals surface area contributed by atoms with Gasteiger partial charge < -0.3 is 29.0 Å². The maximum Gasteiger partial charge on any atom is 0.498 e. The summed E-state index contributed by atoms with van der Waals surface area (Å²) in [7, 11) is -0.544. The van der Waals surface area contributed by atoms with E-state index in [4.69, 9.17) is 18.8 Å². The van der Waals surface area contributed by atoms with Crippen molar-refractivity contribution in [2.45, 2.75) is 104 Å². The Labute approximate surface area is 215 Å². The molecule has 0 bridgehead atoms. The molecule has 2 atom stereocenters. The van der Waals surface area contributed by atoms with E-state index in [-0.39, 0.29) is 23.9 Å². The van der Waals surface area contributed by atoms with Gasteiger partial charge in [0.1, 0.15) is 17.7 Å². The van der Waals surface area contributed by atoms with Gasteiger partial charge in [-0.25, -0.2) is 14.8 Å². The van der Waals surface area contributed by atoms with Crippen LogP contribution in [0.4, 0.5) is 4.79 Å². The van der Waals surface area contributed by atoms with Crippen LogP contribution in [0.25, 0.3) is 0 Å². The third kappa shape index (κ3) is 6.88. The van der Waals surface area contributed by atoms with Gasteiger partial charge in [0.2, 0.25) is 5.91 Å². The summed E-state index contributed by atoms with van der Waals surface area (Å²) in [6.45, 7) is 18.1. The normalized spacial score (nSPS) is 22.3. The van der Waals surface area contributed by atoms with Crippen LogP contribution in [0.5, 0.6) is 6.01 Å². The highest BCUT2D eigenvalue weighted by atomic mass is 16.7. The first-order valence-electron chi connectivity index (χ1n) is 12.7. The predicted molar refractivity (Wildman–Crippen MR) is 136 cm³/mol. The Morgan fingerprint density at radius 1 is 1.14 bits per heavy atom. The van der Waals surface area contributed by atoms with Crippen LogP contribution in [-0.2, 0) is 18.8 Å². The summed E-state index contributed by atoms with van der Waals surface area (Å²) in [5, 5.41) is 2.74. The Balaban J connectivity index is 1.59. The van der Waals surface area contributed by atoms with E-state index >= 15 is 0 Å². The van der Waals surface area contributed by atoms with Gasteiger partial charge in [-0.2, -0.15) is 0 Å². The van der Waals surface area contributed by atoms with Crippen molar-refractivity contribution in [1.29, 1.82) is 0 Å². The smallest absolute Gasteiger partial charge is 0.458 e. The minimum atomic E-state index is -0.686. The number of carbonyl (C=O) groups excluding carboxylic acids is 2. The molecule has 2 aliphatic heterocycles. The highest BCUT2D eigenvalue weighted by molar-refractivity contribution is 6.61. The summed E-state index contributed by atoms with van der Waals surface area (Å²) in [4.78, 5) is 36.0. The molecular formula is C25H41BN4O6. The Kier molecular flexibility index (Phi) is 8.25. The number of alkyl carbamates (subject to hydrolysis) is 1. The minimum absolute atomic E-state index is 0.0998. The van der Waals surface area contributed by atoms with Crippen molar-refractivity contribution in [3.63, 3.8) is 0 Å². The molecule has 1 unspecified atom stereocenters. The van der Waals surface area contributed by atoms with Crippen LogP contribution in [0, 0.1) is 5.92 Å². The zero-order valence-electron chi connectivity index (χ0n) is 23.1. The summed E-state index contributed by atoms with van der Waals surface area (Å²) < 4.78 is 23.5. The number of ether oxygens (including phenoxy) is 2. The number of carbonyl (C=O) groups is 2. The lowest BCUT2D eigenvalue weighted by molar-refractivity contribution is -0.137.